The highest BCUT2D eigenvalue weighted by atomic mass is 16.2. The minimum absolute atomic E-state index is 0.00144. The van der Waals surface area contributed by atoms with E-state index in [0.717, 1.165) is 19.3 Å². The zero-order chi connectivity index (χ0) is 11.1. The van der Waals surface area contributed by atoms with Crippen molar-refractivity contribution in [1.82, 2.24) is 10.2 Å². The average molecular weight is 208 g/mol. The van der Waals surface area contributed by atoms with E-state index < -0.39 is 0 Å². The summed E-state index contributed by atoms with van der Waals surface area (Å²) >= 11 is 0. The molecule has 0 saturated carbocycles. The fourth-order valence-corrected chi connectivity index (χ4v) is 1.50. The first-order valence-electron chi connectivity index (χ1n) is 5.22. The third kappa shape index (κ3) is 4.03. The summed E-state index contributed by atoms with van der Waals surface area (Å²) in [5, 5.41) is 2.56. The van der Waals surface area contributed by atoms with Crippen LogP contribution in [0.2, 0.25) is 0 Å². The van der Waals surface area contributed by atoms with Gasteiger partial charge in [-0.05, 0) is 12.8 Å². The molecule has 0 aliphatic carbocycles. The number of amides is 2. The van der Waals surface area contributed by atoms with Crippen LogP contribution >= 0.6 is 0 Å². The molecule has 4 heteroatoms. The Morgan fingerprint density at radius 3 is 2.93 bits per heavy atom. The molecule has 0 aromatic carbocycles. The van der Waals surface area contributed by atoms with Gasteiger partial charge in [0, 0.05) is 25.9 Å². The van der Waals surface area contributed by atoms with E-state index in [-0.39, 0.29) is 18.4 Å². The van der Waals surface area contributed by atoms with E-state index in [2.05, 4.69) is 11.2 Å². The molecule has 15 heavy (non-hydrogen) atoms. The third-order valence-corrected chi connectivity index (χ3v) is 2.40. The van der Waals surface area contributed by atoms with Crippen LogP contribution < -0.4 is 5.32 Å². The second-order valence-corrected chi connectivity index (χ2v) is 3.57. The number of hydrogen-bond acceptors (Lipinski definition) is 2. The van der Waals surface area contributed by atoms with Gasteiger partial charge in [-0.25, -0.2) is 0 Å². The molecule has 0 bridgehead atoms. The molecular formula is C11H16N2O2. The van der Waals surface area contributed by atoms with Gasteiger partial charge < -0.3 is 10.2 Å². The Balaban J connectivity index is 2.30. The van der Waals surface area contributed by atoms with E-state index in [1.807, 2.05) is 0 Å². The molecule has 0 aromatic rings. The van der Waals surface area contributed by atoms with E-state index in [1.54, 1.807) is 4.90 Å². The number of hydrogen-bond donors (Lipinski definition) is 1. The molecular weight excluding hydrogens is 192 g/mol. The molecule has 2 amide bonds. The van der Waals surface area contributed by atoms with Gasteiger partial charge in [-0.2, -0.15) is 0 Å². The second kappa shape index (κ2) is 6.07. The highest BCUT2D eigenvalue weighted by Gasteiger charge is 2.18. The summed E-state index contributed by atoms with van der Waals surface area (Å²) in [6.07, 6.45) is 8.12. The summed E-state index contributed by atoms with van der Waals surface area (Å²) < 4.78 is 0. The Bertz CT molecular complexity index is 281. The standard InChI is InChI=1S/C11H16N2O2/c1-2-3-4-5-7-13-8-6-10(14)12-9-11(13)15/h1H,3-9H2,(H,12,14). The minimum Gasteiger partial charge on any atom is -0.347 e. The first-order valence-corrected chi connectivity index (χ1v) is 5.22. The molecule has 1 aliphatic rings. The van der Waals surface area contributed by atoms with Crippen molar-refractivity contribution in [2.45, 2.75) is 25.7 Å². The number of terminal acetylenes is 1. The highest BCUT2D eigenvalue weighted by Crippen LogP contribution is 2.02. The van der Waals surface area contributed by atoms with Gasteiger partial charge in [0.2, 0.25) is 11.8 Å². The van der Waals surface area contributed by atoms with E-state index in [0.29, 0.717) is 19.5 Å². The van der Waals surface area contributed by atoms with Crippen LogP contribution in [-0.2, 0) is 9.59 Å². The van der Waals surface area contributed by atoms with Gasteiger partial charge in [-0.1, -0.05) is 0 Å². The van der Waals surface area contributed by atoms with Crippen LogP contribution in [0.1, 0.15) is 25.7 Å². The Morgan fingerprint density at radius 1 is 1.40 bits per heavy atom. The fraction of sp³-hybridized carbons (Fsp3) is 0.636. The van der Waals surface area contributed by atoms with Gasteiger partial charge in [0.05, 0.1) is 6.54 Å². The molecule has 0 radical (unpaired) electrons. The number of rotatable bonds is 4. The molecule has 0 aromatic heterocycles. The van der Waals surface area contributed by atoms with Gasteiger partial charge >= 0.3 is 0 Å². The van der Waals surface area contributed by atoms with Crippen molar-refractivity contribution in [3.05, 3.63) is 0 Å². The highest BCUT2D eigenvalue weighted by molar-refractivity contribution is 5.87. The van der Waals surface area contributed by atoms with Crippen molar-refractivity contribution in [3.63, 3.8) is 0 Å². The predicted octanol–water partition coefficient (Wildman–Crippen LogP) is 0.138. The van der Waals surface area contributed by atoms with Crippen LogP contribution in [0.5, 0.6) is 0 Å². The molecule has 1 N–H and O–H groups in total. The lowest BCUT2D eigenvalue weighted by Gasteiger charge is -2.19. The number of carbonyl (C=O) groups is 2. The topological polar surface area (TPSA) is 49.4 Å². The summed E-state index contributed by atoms with van der Waals surface area (Å²) in [5.41, 5.74) is 0. The van der Waals surface area contributed by atoms with Crippen LogP contribution in [0.15, 0.2) is 0 Å². The molecule has 0 spiro atoms. The first kappa shape index (κ1) is 11.6. The molecule has 1 fully saturated rings. The van der Waals surface area contributed by atoms with Gasteiger partial charge in [0.15, 0.2) is 0 Å². The van der Waals surface area contributed by atoms with Crippen molar-refractivity contribution in [2.75, 3.05) is 19.6 Å². The number of nitrogens with zero attached hydrogens (tertiary/aromatic N) is 1. The van der Waals surface area contributed by atoms with Gasteiger partial charge in [0.25, 0.3) is 0 Å². The maximum absolute atomic E-state index is 11.5. The second-order valence-electron chi connectivity index (χ2n) is 3.57. The zero-order valence-electron chi connectivity index (χ0n) is 8.79. The molecule has 4 nitrogen and oxygen atoms in total. The normalized spacial score (nSPS) is 16.9. The van der Waals surface area contributed by atoms with Crippen molar-refractivity contribution < 1.29 is 9.59 Å². The maximum atomic E-state index is 11.5. The molecule has 1 saturated heterocycles. The van der Waals surface area contributed by atoms with Crippen molar-refractivity contribution in [2.24, 2.45) is 0 Å². The van der Waals surface area contributed by atoms with Gasteiger partial charge in [0.1, 0.15) is 0 Å². The van der Waals surface area contributed by atoms with E-state index >= 15 is 0 Å². The number of nitrogens with one attached hydrogen (secondary N) is 1. The van der Waals surface area contributed by atoms with E-state index in [1.165, 1.54) is 0 Å². The smallest absolute Gasteiger partial charge is 0.241 e. The Kier molecular flexibility index (Phi) is 4.69. The van der Waals surface area contributed by atoms with Crippen LogP contribution in [0.3, 0.4) is 0 Å². The summed E-state index contributed by atoms with van der Waals surface area (Å²) in [6, 6.07) is 0. The zero-order valence-corrected chi connectivity index (χ0v) is 8.79. The van der Waals surface area contributed by atoms with Crippen molar-refractivity contribution >= 4 is 11.8 Å². The van der Waals surface area contributed by atoms with Gasteiger partial charge in [-0.3, -0.25) is 9.59 Å². The Labute approximate surface area is 90.0 Å². The van der Waals surface area contributed by atoms with Crippen LogP contribution in [0, 0.1) is 12.3 Å². The minimum atomic E-state index is -0.0468. The largest absolute Gasteiger partial charge is 0.347 e. The molecule has 0 unspecified atom stereocenters. The number of carbonyl (C=O) groups excluding carboxylic acids is 2. The molecule has 1 aliphatic heterocycles. The van der Waals surface area contributed by atoms with Crippen molar-refractivity contribution in [1.29, 1.82) is 0 Å². The maximum Gasteiger partial charge on any atom is 0.241 e. The van der Waals surface area contributed by atoms with Crippen LogP contribution in [0.4, 0.5) is 0 Å². The Hall–Kier alpha value is -1.50. The SMILES string of the molecule is C#CCCCCN1CCC(=O)NCC1=O. The summed E-state index contributed by atoms with van der Waals surface area (Å²) in [5.74, 6) is 2.52. The predicted molar refractivity (Wildman–Crippen MR) is 56.9 cm³/mol. The monoisotopic (exact) mass is 208 g/mol. The fourth-order valence-electron chi connectivity index (χ4n) is 1.50. The quantitative estimate of drug-likeness (QED) is 0.527. The van der Waals surface area contributed by atoms with Crippen molar-refractivity contribution in [3.8, 4) is 12.3 Å². The first-order chi connectivity index (χ1) is 7.24. The van der Waals surface area contributed by atoms with Crippen LogP contribution in [0.25, 0.3) is 0 Å². The van der Waals surface area contributed by atoms with E-state index in [4.69, 9.17) is 6.42 Å². The van der Waals surface area contributed by atoms with Crippen LogP contribution in [-0.4, -0.2) is 36.3 Å². The third-order valence-electron chi connectivity index (χ3n) is 2.40. The summed E-state index contributed by atoms with van der Waals surface area (Å²) in [4.78, 5) is 24.3. The molecule has 1 heterocycles. The molecule has 0 atom stereocenters. The summed E-state index contributed by atoms with van der Waals surface area (Å²) in [6.45, 7) is 1.37. The lowest BCUT2D eigenvalue weighted by Crippen LogP contribution is -2.35. The van der Waals surface area contributed by atoms with E-state index in [9.17, 15) is 9.59 Å². The number of unbranched alkanes of at least 4 members (excludes halogenated alkanes) is 2. The molecule has 1 rings (SSSR count). The molecule has 82 valence electrons. The lowest BCUT2D eigenvalue weighted by molar-refractivity contribution is -0.130. The Morgan fingerprint density at radius 2 is 2.20 bits per heavy atom. The van der Waals surface area contributed by atoms with Gasteiger partial charge in [-0.15, -0.1) is 12.3 Å². The lowest BCUT2D eigenvalue weighted by atomic mass is 10.2. The average Bonchev–Trinajstić information content (AvgIpc) is 2.38. The summed E-state index contributed by atoms with van der Waals surface area (Å²) in [7, 11) is 0.